The second-order valence-corrected chi connectivity index (χ2v) is 10.3. The van der Waals surface area contributed by atoms with Crippen molar-refractivity contribution in [2.75, 3.05) is 5.75 Å². The average Bonchev–Trinajstić information content (AvgIpc) is 3.33. The summed E-state index contributed by atoms with van der Waals surface area (Å²) in [7, 11) is 0. The van der Waals surface area contributed by atoms with E-state index in [-0.39, 0.29) is 24.3 Å². The first-order valence-electron chi connectivity index (χ1n) is 12.8. The molecule has 2 aromatic carbocycles. The van der Waals surface area contributed by atoms with Crippen molar-refractivity contribution >= 4 is 47.2 Å². The molecule has 12 heteroatoms. The number of para-hydroxylation sites is 1. The molecule has 1 heterocycles. The van der Waals surface area contributed by atoms with Crippen molar-refractivity contribution in [1.29, 1.82) is 0 Å². The largest absolute Gasteiger partial charge is 0.508 e. The van der Waals surface area contributed by atoms with Crippen molar-refractivity contribution in [3.05, 3.63) is 65.9 Å². The maximum Gasteiger partial charge on any atom is 0.326 e. The number of H-pyrrole nitrogens is 1. The van der Waals surface area contributed by atoms with Crippen LogP contribution in [0, 0.1) is 5.92 Å². The number of carboxylic acids is 1. The van der Waals surface area contributed by atoms with Gasteiger partial charge in [-0.05, 0) is 35.2 Å². The van der Waals surface area contributed by atoms with E-state index >= 15 is 0 Å². The topological polar surface area (TPSA) is 187 Å². The minimum atomic E-state index is -1.27. The van der Waals surface area contributed by atoms with Crippen LogP contribution in [0.4, 0.5) is 0 Å². The predicted molar refractivity (Wildman–Crippen MR) is 154 cm³/mol. The summed E-state index contributed by atoms with van der Waals surface area (Å²) in [5.74, 6) is -3.42. The number of carboxylic acid groups (broad SMARTS) is 1. The fourth-order valence-corrected chi connectivity index (χ4v) is 4.38. The van der Waals surface area contributed by atoms with E-state index in [1.54, 1.807) is 32.2 Å². The molecule has 0 bridgehead atoms. The van der Waals surface area contributed by atoms with Crippen LogP contribution in [0.2, 0.25) is 0 Å². The predicted octanol–water partition coefficient (Wildman–Crippen LogP) is 1.11. The Morgan fingerprint density at radius 1 is 0.900 bits per heavy atom. The summed E-state index contributed by atoms with van der Waals surface area (Å²) in [6.45, 7) is 3.43. The van der Waals surface area contributed by atoms with E-state index < -0.39 is 53.8 Å². The van der Waals surface area contributed by atoms with Crippen LogP contribution in [0.1, 0.15) is 25.0 Å². The highest BCUT2D eigenvalue weighted by atomic mass is 32.1. The van der Waals surface area contributed by atoms with Gasteiger partial charge in [0.05, 0.1) is 6.04 Å². The number of nitrogens with two attached hydrogens (primary N) is 1. The normalized spacial score (nSPS) is 14.2. The number of benzene rings is 2. The highest BCUT2D eigenvalue weighted by molar-refractivity contribution is 7.80. The summed E-state index contributed by atoms with van der Waals surface area (Å²) in [5, 5.41) is 27.9. The van der Waals surface area contributed by atoms with Crippen LogP contribution in [0.3, 0.4) is 0 Å². The maximum atomic E-state index is 13.5. The number of aromatic hydroxyl groups is 1. The minimum absolute atomic E-state index is 0.0268. The Labute approximate surface area is 237 Å². The van der Waals surface area contributed by atoms with Gasteiger partial charge in [0.25, 0.3) is 0 Å². The maximum absolute atomic E-state index is 13.5. The van der Waals surface area contributed by atoms with Crippen molar-refractivity contribution in [2.24, 2.45) is 11.7 Å². The van der Waals surface area contributed by atoms with E-state index in [1.165, 1.54) is 12.1 Å². The highest BCUT2D eigenvalue weighted by Gasteiger charge is 2.32. The van der Waals surface area contributed by atoms with E-state index in [9.17, 15) is 29.4 Å². The average molecular weight is 570 g/mol. The zero-order valence-corrected chi connectivity index (χ0v) is 23.2. The Morgan fingerprint density at radius 3 is 2.17 bits per heavy atom. The molecule has 0 spiro atoms. The van der Waals surface area contributed by atoms with Gasteiger partial charge >= 0.3 is 5.97 Å². The summed E-state index contributed by atoms with van der Waals surface area (Å²) in [4.78, 5) is 54.4. The molecule has 11 nitrogen and oxygen atoms in total. The summed E-state index contributed by atoms with van der Waals surface area (Å²) >= 11 is 4.06. The highest BCUT2D eigenvalue weighted by Crippen LogP contribution is 2.19. The fraction of sp³-hybridized carbons (Fsp3) is 0.357. The first kappa shape index (κ1) is 30.5. The molecule has 0 saturated heterocycles. The van der Waals surface area contributed by atoms with Crippen LogP contribution in [0.25, 0.3) is 10.9 Å². The third kappa shape index (κ3) is 7.99. The molecule has 0 radical (unpaired) electrons. The van der Waals surface area contributed by atoms with Crippen LogP contribution in [-0.2, 0) is 32.0 Å². The summed E-state index contributed by atoms with van der Waals surface area (Å²) in [6, 6.07) is 9.12. The molecule has 0 saturated carbocycles. The lowest BCUT2D eigenvalue weighted by molar-refractivity contribution is -0.142. The molecule has 0 aliphatic heterocycles. The first-order valence-corrected chi connectivity index (χ1v) is 13.5. The molecule has 4 atom stereocenters. The summed E-state index contributed by atoms with van der Waals surface area (Å²) < 4.78 is 0. The standard InChI is InChI=1S/C28H35N5O6S/c1-15(2)24(27(37)32-23(28(38)39)11-16-7-9-18(34)10-8-16)33-26(36)22(31-25(35)20(29)14-40)12-17-13-30-21-6-4-3-5-19(17)21/h3-10,13,15,20,22-24,30,34,40H,11-12,14,29H2,1-2H3,(H,31,35)(H,32,37)(H,33,36)(H,38,39). The summed E-state index contributed by atoms with van der Waals surface area (Å²) in [6.07, 6.45) is 1.84. The number of nitrogens with one attached hydrogen (secondary N) is 4. The summed E-state index contributed by atoms with van der Waals surface area (Å²) in [5.41, 5.74) is 8.06. The van der Waals surface area contributed by atoms with Crippen molar-refractivity contribution in [3.8, 4) is 5.75 Å². The number of rotatable bonds is 13. The number of aromatic nitrogens is 1. The molecule has 214 valence electrons. The van der Waals surface area contributed by atoms with E-state index in [2.05, 4.69) is 33.6 Å². The Morgan fingerprint density at radius 2 is 1.55 bits per heavy atom. The molecule has 0 aliphatic carbocycles. The van der Waals surface area contributed by atoms with Gasteiger partial charge in [-0.3, -0.25) is 14.4 Å². The van der Waals surface area contributed by atoms with E-state index in [1.807, 2.05) is 24.3 Å². The molecule has 0 fully saturated rings. The number of aliphatic carboxylic acids is 1. The lowest BCUT2D eigenvalue weighted by Gasteiger charge is -2.27. The number of phenolic OH excluding ortho intramolecular Hbond substituents is 1. The lowest BCUT2D eigenvalue weighted by Crippen LogP contribution is -2.59. The fourth-order valence-electron chi connectivity index (χ4n) is 4.21. The van der Waals surface area contributed by atoms with E-state index in [0.717, 1.165) is 16.5 Å². The van der Waals surface area contributed by atoms with Crippen molar-refractivity contribution in [3.63, 3.8) is 0 Å². The molecule has 0 aliphatic rings. The zero-order valence-electron chi connectivity index (χ0n) is 22.3. The van der Waals surface area contributed by atoms with Gasteiger partial charge in [0.2, 0.25) is 17.7 Å². The lowest BCUT2D eigenvalue weighted by atomic mass is 9.99. The number of aromatic amines is 1. The quantitative estimate of drug-likeness (QED) is 0.142. The third-order valence-corrected chi connectivity index (χ3v) is 6.90. The number of fused-ring (bicyclic) bond motifs is 1. The van der Waals surface area contributed by atoms with Crippen LogP contribution >= 0.6 is 12.6 Å². The molecular formula is C28H35N5O6S. The molecule has 3 rings (SSSR count). The van der Waals surface area contributed by atoms with Crippen LogP contribution in [0.5, 0.6) is 5.75 Å². The van der Waals surface area contributed by atoms with E-state index in [0.29, 0.717) is 5.56 Å². The second-order valence-electron chi connectivity index (χ2n) is 9.91. The van der Waals surface area contributed by atoms with Gasteiger partial charge in [-0.25, -0.2) is 4.79 Å². The number of hydrogen-bond acceptors (Lipinski definition) is 7. The van der Waals surface area contributed by atoms with Gasteiger partial charge in [-0.1, -0.05) is 44.2 Å². The van der Waals surface area contributed by atoms with E-state index in [4.69, 9.17) is 5.73 Å². The van der Waals surface area contributed by atoms with Crippen LogP contribution in [-0.4, -0.2) is 68.8 Å². The second kappa shape index (κ2) is 13.9. The minimum Gasteiger partial charge on any atom is -0.508 e. The number of carbonyl (C=O) groups is 4. The van der Waals surface area contributed by atoms with Gasteiger partial charge in [0.15, 0.2) is 0 Å². The van der Waals surface area contributed by atoms with Gasteiger partial charge in [0, 0.05) is 35.7 Å². The Balaban J connectivity index is 1.79. The van der Waals surface area contributed by atoms with Crippen molar-refractivity contribution < 1.29 is 29.4 Å². The monoisotopic (exact) mass is 569 g/mol. The molecule has 4 unspecified atom stereocenters. The molecular weight excluding hydrogens is 534 g/mol. The molecule has 8 N–H and O–H groups in total. The first-order chi connectivity index (χ1) is 19.0. The molecule has 3 amide bonds. The molecule has 40 heavy (non-hydrogen) atoms. The Kier molecular flexibility index (Phi) is 10.6. The number of thiol groups is 1. The third-order valence-electron chi connectivity index (χ3n) is 6.50. The molecule has 3 aromatic rings. The zero-order chi connectivity index (χ0) is 29.4. The van der Waals surface area contributed by atoms with Gasteiger partial charge < -0.3 is 36.9 Å². The Bertz CT molecular complexity index is 1340. The van der Waals surface area contributed by atoms with Gasteiger partial charge in [-0.15, -0.1) is 0 Å². The van der Waals surface area contributed by atoms with Crippen molar-refractivity contribution in [2.45, 2.75) is 50.9 Å². The number of phenols is 1. The number of hydrogen-bond donors (Lipinski definition) is 8. The number of amides is 3. The Hall–Kier alpha value is -4.03. The van der Waals surface area contributed by atoms with Gasteiger partial charge in [-0.2, -0.15) is 12.6 Å². The smallest absolute Gasteiger partial charge is 0.326 e. The van der Waals surface area contributed by atoms with Crippen LogP contribution in [0.15, 0.2) is 54.7 Å². The van der Waals surface area contributed by atoms with Gasteiger partial charge in [0.1, 0.15) is 23.9 Å². The van der Waals surface area contributed by atoms with Crippen LogP contribution < -0.4 is 21.7 Å². The molecule has 1 aromatic heterocycles. The number of carbonyl (C=O) groups excluding carboxylic acids is 3. The SMILES string of the molecule is CC(C)C(NC(=O)C(Cc1c[nH]c2ccccc12)NC(=O)C(N)CS)C(=O)NC(Cc1ccc(O)cc1)C(=O)O. The van der Waals surface area contributed by atoms with Crippen molar-refractivity contribution in [1.82, 2.24) is 20.9 Å².